The van der Waals surface area contributed by atoms with Gasteiger partial charge in [-0.2, -0.15) is 0 Å². The van der Waals surface area contributed by atoms with E-state index < -0.39 is 5.69 Å². The summed E-state index contributed by atoms with van der Waals surface area (Å²) in [7, 11) is 0. The number of unbranched alkanes of at least 4 members (excludes halogenated alkanes) is 1. The van der Waals surface area contributed by atoms with E-state index in [2.05, 4.69) is 27.4 Å². The molecule has 5 nitrogen and oxygen atoms in total. The Bertz CT molecular complexity index is 674. The highest BCUT2D eigenvalue weighted by molar-refractivity contribution is 5.41. The third-order valence-electron chi connectivity index (χ3n) is 3.43. The predicted molar refractivity (Wildman–Crippen MR) is 84.9 cm³/mol. The molecule has 2 rings (SSSR count). The minimum atomic E-state index is -0.469. The maximum atomic E-state index is 11.7. The van der Waals surface area contributed by atoms with E-state index in [0.717, 1.165) is 25.8 Å². The number of nitrogens with one attached hydrogen (secondary N) is 3. The molecule has 0 radical (unpaired) electrons. The summed E-state index contributed by atoms with van der Waals surface area (Å²) in [6.07, 6.45) is 3.66. The van der Waals surface area contributed by atoms with Crippen LogP contribution in [0.4, 0.5) is 5.82 Å². The van der Waals surface area contributed by atoms with Gasteiger partial charge in [0.25, 0.3) is 5.56 Å². The van der Waals surface area contributed by atoms with Crippen molar-refractivity contribution in [2.75, 3.05) is 11.9 Å². The average molecular weight is 287 g/mol. The third kappa shape index (κ3) is 4.34. The minimum absolute atomic E-state index is 0.312. The van der Waals surface area contributed by atoms with Gasteiger partial charge in [0.15, 0.2) is 0 Å². The molecule has 1 aromatic heterocycles. The van der Waals surface area contributed by atoms with Crippen LogP contribution in [0.25, 0.3) is 0 Å². The van der Waals surface area contributed by atoms with Gasteiger partial charge in [-0.15, -0.1) is 0 Å². The lowest BCUT2D eigenvalue weighted by atomic mass is 10.1. The Hall–Kier alpha value is -2.30. The zero-order valence-electron chi connectivity index (χ0n) is 12.2. The van der Waals surface area contributed by atoms with Crippen LogP contribution < -0.4 is 16.6 Å². The SMILES string of the molecule is CCc1c(NCCCCc2ccccc2)[nH]c(=O)[nH]c1=O. The van der Waals surface area contributed by atoms with Crippen LogP contribution in [0.5, 0.6) is 0 Å². The van der Waals surface area contributed by atoms with Crippen molar-refractivity contribution in [1.82, 2.24) is 9.97 Å². The highest BCUT2D eigenvalue weighted by Gasteiger charge is 2.06. The second kappa shape index (κ2) is 7.47. The van der Waals surface area contributed by atoms with Crippen LogP contribution in [-0.2, 0) is 12.8 Å². The lowest BCUT2D eigenvalue weighted by Crippen LogP contribution is -2.27. The van der Waals surface area contributed by atoms with Crippen LogP contribution in [0.1, 0.15) is 30.9 Å². The Labute approximate surface area is 123 Å². The highest BCUT2D eigenvalue weighted by Crippen LogP contribution is 2.07. The maximum absolute atomic E-state index is 11.7. The van der Waals surface area contributed by atoms with Crippen molar-refractivity contribution < 1.29 is 0 Å². The number of aryl methyl sites for hydroxylation is 1. The molecule has 0 amide bonds. The van der Waals surface area contributed by atoms with E-state index >= 15 is 0 Å². The van der Waals surface area contributed by atoms with Crippen LogP contribution in [0.2, 0.25) is 0 Å². The molecule has 0 unspecified atom stereocenters. The monoisotopic (exact) mass is 287 g/mol. The molecule has 0 saturated carbocycles. The van der Waals surface area contributed by atoms with E-state index in [4.69, 9.17) is 0 Å². The number of rotatable bonds is 7. The van der Waals surface area contributed by atoms with Crippen molar-refractivity contribution >= 4 is 5.82 Å². The van der Waals surface area contributed by atoms with Crippen LogP contribution in [0, 0.1) is 0 Å². The van der Waals surface area contributed by atoms with Gasteiger partial charge in [-0.25, -0.2) is 4.79 Å². The van der Waals surface area contributed by atoms with Gasteiger partial charge in [-0.05, 0) is 31.2 Å². The first kappa shape index (κ1) is 15.1. The van der Waals surface area contributed by atoms with Crippen molar-refractivity contribution in [2.24, 2.45) is 0 Å². The second-order valence-electron chi connectivity index (χ2n) is 4.98. The van der Waals surface area contributed by atoms with Crippen molar-refractivity contribution in [3.8, 4) is 0 Å². The summed E-state index contributed by atoms with van der Waals surface area (Å²) < 4.78 is 0. The summed E-state index contributed by atoms with van der Waals surface area (Å²) in [5, 5.41) is 3.16. The minimum Gasteiger partial charge on any atom is -0.371 e. The summed E-state index contributed by atoms with van der Waals surface area (Å²) in [5.41, 5.74) is 1.14. The topological polar surface area (TPSA) is 77.8 Å². The van der Waals surface area contributed by atoms with Gasteiger partial charge in [-0.1, -0.05) is 37.3 Å². The van der Waals surface area contributed by atoms with Gasteiger partial charge < -0.3 is 5.32 Å². The summed E-state index contributed by atoms with van der Waals surface area (Å²) >= 11 is 0. The molecule has 1 aromatic carbocycles. The Morgan fingerprint density at radius 2 is 1.81 bits per heavy atom. The van der Waals surface area contributed by atoms with Gasteiger partial charge >= 0.3 is 5.69 Å². The van der Waals surface area contributed by atoms with E-state index in [0.29, 0.717) is 17.8 Å². The molecule has 0 aliphatic rings. The van der Waals surface area contributed by atoms with Crippen LogP contribution >= 0.6 is 0 Å². The largest absolute Gasteiger partial charge is 0.371 e. The van der Waals surface area contributed by atoms with Gasteiger partial charge in [0.05, 0.1) is 5.56 Å². The van der Waals surface area contributed by atoms with E-state index in [9.17, 15) is 9.59 Å². The van der Waals surface area contributed by atoms with Crippen LogP contribution in [0.3, 0.4) is 0 Å². The molecule has 3 N–H and O–H groups in total. The van der Waals surface area contributed by atoms with Gasteiger partial charge in [0, 0.05) is 6.54 Å². The molecular formula is C16H21N3O2. The molecule has 112 valence electrons. The fraction of sp³-hybridized carbons (Fsp3) is 0.375. The zero-order chi connectivity index (χ0) is 15.1. The number of aromatic amines is 2. The van der Waals surface area contributed by atoms with Crippen molar-refractivity contribution in [2.45, 2.75) is 32.6 Å². The standard InChI is InChI=1S/C16H21N3O2/c1-2-13-14(18-16(21)19-15(13)20)17-11-7-6-10-12-8-4-3-5-9-12/h3-5,8-9H,2,6-7,10-11H2,1H3,(H3,17,18,19,20,21). The number of anilines is 1. The molecule has 21 heavy (non-hydrogen) atoms. The first-order chi connectivity index (χ1) is 10.2. The molecule has 1 heterocycles. The molecule has 0 aliphatic heterocycles. The third-order valence-corrected chi connectivity index (χ3v) is 3.43. The summed E-state index contributed by atoms with van der Waals surface area (Å²) in [4.78, 5) is 27.9. The smallest absolute Gasteiger partial charge is 0.327 e. The van der Waals surface area contributed by atoms with Crippen LogP contribution in [0.15, 0.2) is 39.9 Å². The first-order valence-electron chi connectivity index (χ1n) is 7.34. The Morgan fingerprint density at radius 1 is 1.05 bits per heavy atom. The van der Waals surface area contributed by atoms with Crippen molar-refractivity contribution in [3.05, 3.63) is 62.3 Å². The Morgan fingerprint density at radius 3 is 2.52 bits per heavy atom. The van der Waals surface area contributed by atoms with E-state index in [1.54, 1.807) is 0 Å². The van der Waals surface area contributed by atoms with Gasteiger partial charge in [0.2, 0.25) is 0 Å². The van der Waals surface area contributed by atoms with E-state index in [-0.39, 0.29) is 5.56 Å². The molecule has 2 aromatic rings. The summed E-state index contributed by atoms with van der Waals surface area (Å²) in [5.74, 6) is 0.547. The predicted octanol–water partition coefficient (Wildman–Crippen LogP) is 2.06. The van der Waals surface area contributed by atoms with Gasteiger partial charge in [0.1, 0.15) is 5.82 Å². The van der Waals surface area contributed by atoms with Crippen molar-refractivity contribution in [3.63, 3.8) is 0 Å². The fourth-order valence-electron chi connectivity index (χ4n) is 2.31. The maximum Gasteiger partial charge on any atom is 0.327 e. The molecule has 0 aliphatic carbocycles. The molecule has 0 spiro atoms. The number of hydrogen-bond acceptors (Lipinski definition) is 3. The first-order valence-corrected chi connectivity index (χ1v) is 7.34. The zero-order valence-corrected chi connectivity index (χ0v) is 12.2. The second-order valence-corrected chi connectivity index (χ2v) is 4.98. The van der Waals surface area contributed by atoms with Gasteiger partial charge in [-0.3, -0.25) is 14.8 Å². The highest BCUT2D eigenvalue weighted by atomic mass is 16.2. The number of hydrogen-bond donors (Lipinski definition) is 3. The lowest BCUT2D eigenvalue weighted by Gasteiger charge is -2.09. The Balaban J connectivity index is 1.84. The quantitative estimate of drug-likeness (QED) is 0.682. The van der Waals surface area contributed by atoms with Crippen molar-refractivity contribution in [1.29, 1.82) is 0 Å². The number of H-pyrrole nitrogens is 2. The fourth-order valence-corrected chi connectivity index (χ4v) is 2.31. The van der Waals surface area contributed by atoms with Crippen LogP contribution in [-0.4, -0.2) is 16.5 Å². The average Bonchev–Trinajstić information content (AvgIpc) is 2.47. The number of aromatic nitrogens is 2. The Kier molecular flexibility index (Phi) is 5.37. The molecule has 0 fully saturated rings. The summed E-state index contributed by atoms with van der Waals surface area (Å²) in [6, 6.07) is 10.3. The lowest BCUT2D eigenvalue weighted by molar-refractivity contribution is 0.759. The normalized spacial score (nSPS) is 10.5. The summed E-state index contributed by atoms with van der Waals surface area (Å²) in [6.45, 7) is 2.63. The molecule has 0 saturated heterocycles. The molecule has 0 atom stereocenters. The number of benzene rings is 1. The van der Waals surface area contributed by atoms with E-state index in [1.165, 1.54) is 5.56 Å². The van der Waals surface area contributed by atoms with E-state index in [1.807, 2.05) is 25.1 Å². The molecular weight excluding hydrogens is 266 g/mol. The molecule has 5 heteroatoms. The molecule has 0 bridgehead atoms.